The Morgan fingerprint density at radius 2 is 1.96 bits per heavy atom. The zero-order chi connectivity index (χ0) is 18.1. The summed E-state index contributed by atoms with van der Waals surface area (Å²) in [5.41, 5.74) is -0.801. The molecule has 2 N–H and O–H groups in total. The van der Waals surface area contributed by atoms with Crippen LogP contribution < -0.4 is 0 Å². The van der Waals surface area contributed by atoms with Crippen molar-refractivity contribution in [1.29, 1.82) is 0 Å². The zero-order valence-electron chi connectivity index (χ0n) is 16.0. The van der Waals surface area contributed by atoms with Crippen molar-refractivity contribution in [1.82, 2.24) is 0 Å². The highest BCUT2D eigenvalue weighted by molar-refractivity contribution is 5.66. The van der Waals surface area contributed by atoms with E-state index >= 15 is 0 Å². The molecule has 4 nitrogen and oxygen atoms in total. The third-order valence-electron chi connectivity index (χ3n) is 6.85. The van der Waals surface area contributed by atoms with Crippen LogP contribution in [0, 0.1) is 23.2 Å². The van der Waals surface area contributed by atoms with E-state index in [-0.39, 0.29) is 17.5 Å². The summed E-state index contributed by atoms with van der Waals surface area (Å²) in [5.74, 6) is 1.43. The van der Waals surface area contributed by atoms with Crippen molar-refractivity contribution in [3.05, 3.63) is 0 Å². The van der Waals surface area contributed by atoms with Gasteiger partial charge < -0.3 is 14.9 Å². The fraction of sp³-hybridized carbons (Fsp3) is 0.950. The van der Waals surface area contributed by atoms with Gasteiger partial charge in [-0.15, -0.1) is 0 Å². The van der Waals surface area contributed by atoms with Gasteiger partial charge in [0.1, 0.15) is 6.10 Å². The molecule has 0 spiro atoms. The first-order chi connectivity index (χ1) is 11.1. The monoisotopic (exact) mass is 340 g/mol. The minimum Gasteiger partial charge on any atom is -0.462 e. The minimum absolute atomic E-state index is 0.0837. The van der Waals surface area contributed by atoms with E-state index in [2.05, 4.69) is 13.8 Å². The summed E-state index contributed by atoms with van der Waals surface area (Å²) < 4.78 is 5.63. The second-order valence-corrected chi connectivity index (χ2v) is 9.06. The molecule has 0 radical (unpaired) electrons. The second kappa shape index (κ2) is 7.33. The minimum atomic E-state index is -1.03. The molecule has 2 aliphatic rings. The Balaban J connectivity index is 2.00. The molecule has 0 heterocycles. The maximum absolute atomic E-state index is 11.4. The van der Waals surface area contributed by atoms with Gasteiger partial charge in [0.2, 0.25) is 0 Å². The molecule has 6 unspecified atom stereocenters. The maximum atomic E-state index is 11.4. The molecule has 0 aromatic rings. The highest BCUT2D eigenvalue weighted by Gasteiger charge is 2.53. The van der Waals surface area contributed by atoms with Crippen LogP contribution >= 0.6 is 0 Å². The lowest BCUT2D eigenvalue weighted by Crippen LogP contribution is -2.43. The summed E-state index contributed by atoms with van der Waals surface area (Å²) >= 11 is 0. The van der Waals surface area contributed by atoms with E-state index in [1.54, 1.807) is 13.8 Å². The van der Waals surface area contributed by atoms with Crippen molar-refractivity contribution < 1.29 is 19.7 Å². The lowest BCUT2D eigenvalue weighted by molar-refractivity contribution is -0.155. The normalized spacial score (nSPS) is 36.0. The Morgan fingerprint density at radius 3 is 2.54 bits per heavy atom. The Bertz CT molecular complexity index is 441. The van der Waals surface area contributed by atoms with E-state index in [1.807, 2.05) is 0 Å². The smallest absolute Gasteiger partial charge is 0.302 e. The number of carbonyl (C=O) groups is 1. The first-order valence-electron chi connectivity index (χ1n) is 9.63. The van der Waals surface area contributed by atoms with E-state index in [0.717, 1.165) is 25.7 Å². The summed E-state index contributed by atoms with van der Waals surface area (Å²) in [7, 11) is 0. The van der Waals surface area contributed by atoms with Crippen molar-refractivity contribution in [3.8, 4) is 0 Å². The molecular formula is C20H36O4. The summed E-state index contributed by atoms with van der Waals surface area (Å²) in [6, 6.07) is 0. The van der Waals surface area contributed by atoms with Gasteiger partial charge in [-0.25, -0.2) is 0 Å². The lowest BCUT2D eigenvalue weighted by Gasteiger charge is -2.46. The molecule has 4 heteroatoms. The summed E-state index contributed by atoms with van der Waals surface area (Å²) in [6.07, 6.45) is 6.62. The van der Waals surface area contributed by atoms with Crippen LogP contribution in [0.3, 0.4) is 0 Å². The topological polar surface area (TPSA) is 66.8 Å². The van der Waals surface area contributed by atoms with Crippen molar-refractivity contribution in [2.45, 2.75) is 97.4 Å². The number of hydrogen-bond donors (Lipinski definition) is 2. The van der Waals surface area contributed by atoms with Gasteiger partial charge in [0.15, 0.2) is 0 Å². The molecule has 2 saturated carbocycles. The van der Waals surface area contributed by atoms with Crippen LogP contribution in [0.5, 0.6) is 0 Å². The second-order valence-electron chi connectivity index (χ2n) is 9.06. The predicted molar refractivity (Wildman–Crippen MR) is 94.4 cm³/mol. The molecule has 0 aromatic heterocycles. The van der Waals surface area contributed by atoms with Gasteiger partial charge in [-0.3, -0.25) is 4.79 Å². The average molecular weight is 341 g/mol. The van der Waals surface area contributed by atoms with Gasteiger partial charge in [0.05, 0.1) is 11.7 Å². The van der Waals surface area contributed by atoms with Crippen LogP contribution in [0.25, 0.3) is 0 Å². The highest BCUT2D eigenvalue weighted by Crippen LogP contribution is 2.58. The number of aliphatic hydroxyl groups excluding tert-OH is 1. The van der Waals surface area contributed by atoms with Gasteiger partial charge in [0, 0.05) is 12.8 Å². The van der Waals surface area contributed by atoms with Crippen LogP contribution in [0.4, 0.5) is 0 Å². The molecule has 0 aliphatic heterocycles. The number of fused-ring (bicyclic) bond motifs is 1. The third kappa shape index (κ3) is 4.13. The van der Waals surface area contributed by atoms with E-state index in [4.69, 9.17) is 4.74 Å². The lowest BCUT2D eigenvalue weighted by atomic mass is 9.61. The molecule has 6 atom stereocenters. The Hall–Kier alpha value is -0.610. The Kier molecular flexibility index (Phi) is 6.02. The molecule has 0 saturated heterocycles. The molecule has 24 heavy (non-hydrogen) atoms. The Morgan fingerprint density at radius 1 is 1.29 bits per heavy atom. The SMILES string of the molecule is CC(=O)OC1CCCC2(C)C(C(C)CCC(O)C(C)(C)O)CCC12. The average Bonchev–Trinajstić information content (AvgIpc) is 2.81. The molecule has 2 aliphatic carbocycles. The first kappa shape index (κ1) is 19.7. The molecule has 140 valence electrons. The summed E-state index contributed by atoms with van der Waals surface area (Å²) in [5, 5.41) is 20.0. The van der Waals surface area contributed by atoms with Crippen molar-refractivity contribution in [2.75, 3.05) is 0 Å². The fourth-order valence-electron chi connectivity index (χ4n) is 5.42. The van der Waals surface area contributed by atoms with E-state index in [0.29, 0.717) is 24.2 Å². The van der Waals surface area contributed by atoms with Crippen LogP contribution in [0.15, 0.2) is 0 Å². The molecule has 0 aromatic carbocycles. The van der Waals surface area contributed by atoms with Crippen LogP contribution in [-0.2, 0) is 9.53 Å². The quantitative estimate of drug-likeness (QED) is 0.724. The number of hydrogen-bond acceptors (Lipinski definition) is 4. The van der Waals surface area contributed by atoms with Crippen LogP contribution in [-0.4, -0.2) is 34.0 Å². The number of esters is 1. The fourth-order valence-corrected chi connectivity index (χ4v) is 5.42. The standard InChI is InChI=1S/C20H36O4/c1-13(8-11-18(22)19(3,4)23)15-9-10-16-17(24-14(2)21)7-6-12-20(15,16)5/h13,15-18,22-23H,6-12H2,1-5H3. The summed E-state index contributed by atoms with van der Waals surface area (Å²) in [6.45, 7) is 9.51. The van der Waals surface area contributed by atoms with Crippen molar-refractivity contribution in [2.24, 2.45) is 23.2 Å². The van der Waals surface area contributed by atoms with Gasteiger partial charge in [0.25, 0.3) is 0 Å². The van der Waals surface area contributed by atoms with Gasteiger partial charge in [-0.1, -0.05) is 13.8 Å². The summed E-state index contributed by atoms with van der Waals surface area (Å²) in [4.78, 5) is 11.4. The van der Waals surface area contributed by atoms with Gasteiger partial charge in [-0.05, 0) is 76.0 Å². The van der Waals surface area contributed by atoms with E-state index < -0.39 is 11.7 Å². The van der Waals surface area contributed by atoms with Crippen LogP contribution in [0.2, 0.25) is 0 Å². The van der Waals surface area contributed by atoms with E-state index in [1.165, 1.54) is 19.8 Å². The highest BCUT2D eigenvalue weighted by atomic mass is 16.5. The molecule has 2 rings (SSSR count). The van der Waals surface area contributed by atoms with Gasteiger partial charge in [-0.2, -0.15) is 0 Å². The van der Waals surface area contributed by atoms with Gasteiger partial charge >= 0.3 is 5.97 Å². The largest absolute Gasteiger partial charge is 0.462 e. The van der Waals surface area contributed by atoms with Crippen molar-refractivity contribution >= 4 is 5.97 Å². The predicted octanol–water partition coefficient (Wildman–Crippen LogP) is 3.68. The molecule has 2 fully saturated rings. The number of ether oxygens (including phenoxy) is 1. The third-order valence-corrected chi connectivity index (χ3v) is 6.85. The first-order valence-corrected chi connectivity index (χ1v) is 9.63. The molecule has 0 bridgehead atoms. The Labute approximate surface area is 147 Å². The number of carbonyl (C=O) groups excluding carboxylic acids is 1. The zero-order valence-corrected chi connectivity index (χ0v) is 16.0. The van der Waals surface area contributed by atoms with Crippen molar-refractivity contribution in [3.63, 3.8) is 0 Å². The van der Waals surface area contributed by atoms with Crippen LogP contribution in [0.1, 0.15) is 79.6 Å². The molecule has 0 amide bonds. The number of rotatable bonds is 6. The maximum Gasteiger partial charge on any atom is 0.302 e. The number of aliphatic hydroxyl groups is 2. The van der Waals surface area contributed by atoms with E-state index in [9.17, 15) is 15.0 Å². The molecular weight excluding hydrogens is 304 g/mol.